The standard InChI is InChI=1S/C21H27N3O2.ClH/c1-2-14-13-24-9-6-15(14)11-20(24)21(26)17-5-7-23-19-4-3-16(12-18(17)19)22-8-10-25;/h2-5,7,12,15,20-22,25-26H,6,8-11,13H2,1H3;1H/b14-2+;/t15-,20-,21+;/m0./s1. The molecule has 5 rings (SSSR count). The Bertz CT molecular complexity index is 826. The van der Waals surface area contributed by atoms with Crippen molar-refractivity contribution in [3.8, 4) is 0 Å². The molecule has 3 aliphatic rings. The minimum Gasteiger partial charge on any atom is -0.395 e. The maximum absolute atomic E-state index is 11.2. The van der Waals surface area contributed by atoms with E-state index >= 15 is 0 Å². The van der Waals surface area contributed by atoms with Crippen molar-refractivity contribution in [2.24, 2.45) is 5.92 Å². The topological polar surface area (TPSA) is 68.6 Å². The average molecular weight is 390 g/mol. The van der Waals surface area contributed by atoms with Crippen molar-refractivity contribution in [3.63, 3.8) is 0 Å². The Morgan fingerprint density at radius 1 is 1.37 bits per heavy atom. The maximum Gasteiger partial charge on any atom is 0.0952 e. The third-order valence-corrected chi connectivity index (χ3v) is 5.94. The van der Waals surface area contributed by atoms with Crippen molar-refractivity contribution in [1.82, 2.24) is 9.88 Å². The van der Waals surface area contributed by atoms with Crippen LogP contribution in [0.4, 0.5) is 5.69 Å². The van der Waals surface area contributed by atoms with Gasteiger partial charge in [-0.25, -0.2) is 0 Å². The summed E-state index contributed by atoms with van der Waals surface area (Å²) in [6.07, 6.45) is 5.74. The van der Waals surface area contributed by atoms with Gasteiger partial charge in [0.1, 0.15) is 0 Å². The van der Waals surface area contributed by atoms with Crippen LogP contribution in [0.15, 0.2) is 42.1 Å². The highest BCUT2D eigenvalue weighted by Crippen LogP contribution is 2.41. The number of piperidine rings is 3. The summed E-state index contributed by atoms with van der Waals surface area (Å²) in [4.78, 5) is 6.88. The van der Waals surface area contributed by atoms with Crippen LogP contribution in [0.1, 0.15) is 31.4 Å². The molecule has 2 bridgehead atoms. The number of benzene rings is 1. The van der Waals surface area contributed by atoms with E-state index in [1.165, 1.54) is 12.0 Å². The number of aliphatic hydroxyl groups excluding tert-OH is 2. The molecule has 0 radical (unpaired) electrons. The van der Waals surface area contributed by atoms with E-state index in [2.05, 4.69) is 28.2 Å². The van der Waals surface area contributed by atoms with Gasteiger partial charge < -0.3 is 15.5 Å². The van der Waals surface area contributed by atoms with Gasteiger partial charge in [-0.3, -0.25) is 9.88 Å². The van der Waals surface area contributed by atoms with E-state index in [9.17, 15) is 5.11 Å². The lowest BCUT2D eigenvalue weighted by Gasteiger charge is -2.48. The van der Waals surface area contributed by atoms with Gasteiger partial charge in [-0.2, -0.15) is 0 Å². The normalized spacial score (nSPS) is 26.8. The second kappa shape index (κ2) is 8.57. The number of nitrogens with zero attached hydrogens (tertiary/aromatic N) is 2. The minimum atomic E-state index is -0.519. The van der Waals surface area contributed by atoms with Gasteiger partial charge in [0.05, 0.1) is 18.2 Å². The molecule has 5 nitrogen and oxygen atoms in total. The number of aromatic nitrogens is 1. The van der Waals surface area contributed by atoms with Crippen LogP contribution in [-0.2, 0) is 0 Å². The number of anilines is 1. The highest BCUT2D eigenvalue weighted by Gasteiger charge is 2.40. The van der Waals surface area contributed by atoms with Crippen LogP contribution in [-0.4, -0.2) is 52.4 Å². The van der Waals surface area contributed by atoms with Gasteiger partial charge in [-0.1, -0.05) is 11.6 Å². The Labute approximate surface area is 166 Å². The molecule has 3 saturated heterocycles. The van der Waals surface area contributed by atoms with Crippen LogP contribution in [0.25, 0.3) is 10.9 Å². The summed E-state index contributed by atoms with van der Waals surface area (Å²) in [5.41, 5.74) is 4.30. The van der Waals surface area contributed by atoms with Crippen LogP contribution < -0.4 is 5.32 Å². The largest absolute Gasteiger partial charge is 0.395 e. The van der Waals surface area contributed by atoms with E-state index in [0.717, 1.165) is 41.7 Å². The molecule has 1 unspecified atom stereocenters. The summed E-state index contributed by atoms with van der Waals surface area (Å²) in [7, 11) is 0. The SMILES string of the molecule is C/C=C1\CN2CC[C@H]1C[C@H]2[C@H](O)c1ccnc2ccc(NCCO)cc12.Cl. The molecule has 3 N–H and O–H groups in total. The third-order valence-electron chi connectivity index (χ3n) is 5.94. The molecule has 0 aliphatic carbocycles. The Hall–Kier alpha value is -1.66. The molecule has 1 aromatic heterocycles. The van der Waals surface area contributed by atoms with E-state index in [4.69, 9.17) is 5.11 Å². The Kier molecular flexibility index (Phi) is 6.37. The first-order chi connectivity index (χ1) is 12.7. The van der Waals surface area contributed by atoms with Gasteiger partial charge in [0.15, 0.2) is 0 Å². The van der Waals surface area contributed by atoms with Crippen LogP contribution in [0.2, 0.25) is 0 Å². The first-order valence-electron chi connectivity index (χ1n) is 9.52. The van der Waals surface area contributed by atoms with Crippen LogP contribution in [0.5, 0.6) is 0 Å². The number of aliphatic hydroxyl groups is 2. The molecule has 3 fully saturated rings. The van der Waals surface area contributed by atoms with Gasteiger partial charge in [0.25, 0.3) is 0 Å². The van der Waals surface area contributed by atoms with E-state index in [0.29, 0.717) is 12.5 Å². The van der Waals surface area contributed by atoms with Crippen molar-refractivity contribution in [3.05, 3.63) is 47.7 Å². The fraction of sp³-hybridized carbons (Fsp3) is 0.476. The van der Waals surface area contributed by atoms with Crippen molar-refractivity contribution in [1.29, 1.82) is 0 Å². The van der Waals surface area contributed by atoms with Crippen LogP contribution in [0, 0.1) is 5.92 Å². The molecule has 0 spiro atoms. The predicted molar refractivity (Wildman–Crippen MR) is 111 cm³/mol. The van der Waals surface area contributed by atoms with Gasteiger partial charge in [-0.15, -0.1) is 12.4 Å². The molecule has 0 saturated carbocycles. The average Bonchev–Trinajstić information content (AvgIpc) is 2.71. The molecule has 2 aromatic rings. The highest BCUT2D eigenvalue weighted by molar-refractivity contribution is 5.86. The fourth-order valence-electron chi connectivity index (χ4n) is 4.54. The van der Waals surface area contributed by atoms with Gasteiger partial charge in [0, 0.05) is 36.4 Å². The summed E-state index contributed by atoms with van der Waals surface area (Å²) < 4.78 is 0. The number of hydrogen-bond donors (Lipinski definition) is 3. The first kappa shape index (κ1) is 20.1. The number of hydrogen-bond acceptors (Lipinski definition) is 5. The maximum atomic E-state index is 11.2. The Morgan fingerprint density at radius 3 is 2.93 bits per heavy atom. The molecule has 1 aromatic carbocycles. The molecule has 4 atom stereocenters. The van der Waals surface area contributed by atoms with E-state index in [-0.39, 0.29) is 25.1 Å². The minimum absolute atomic E-state index is 0. The smallest absolute Gasteiger partial charge is 0.0952 e. The van der Waals surface area contributed by atoms with Crippen LogP contribution in [0.3, 0.4) is 0 Å². The lowest BCUT2D eigenvalue weighted by atomic mass is 9.76. The molecule has 27 heavy (non-hydrogen) atoms. The summed E-state index contributed by atoms with van der Waals surface area (Å²) >= 11 is 0. The summed E-state index contributed by atoms with van der Waals surface area (Å²) in [5, 5.41) is 24.5. The second-order valence-corrected chi connectivity index (χ2v) is 7.35. The van der Waals surface area contributed by atoms with Crippen molar-refractivity contribution >= 4 is 29.0 Å². The van der Waals surface area contributed by atoms with E-state index in [1.807, 2.05) is 24.3 Å². The van der Waals surface area contributed by atoms with E-state index in [1.54, 1.807) is 6.20 Å². The molecular formula is C21H28ClN3O2. The lowest BCUT2D eigenvalue weighted by molar-refractivity contribution is -0.00340. The van der Waals surface area contributed by atoms with Crippen LogP contribution >= 0.6 is 12.4 Å². The second-order valence-electron chi connectivity index (χ2n) is 7.35. The summed E-state index contributed by atoms with van der Waals surface area (Å²) in [6.45, 7) is 4.77. The van der Waals surface area contributed by atoms with Crippen molar-refractivity contribution in [2.45, 2.75) is 31.9 Å². The molecule has 0 amide bonds. The van der Waals surface area contributed by atoms with Gasteiger partial charge in [-0.05, 0) is 62.1 Å². The summed E-state index contributed by atoms with van der Waals surface area (Å²) in [5.74, 6) is 0.611. The number of allylic oxidation sites excluding steroid dienone is 1. The number of fused-ring (bicyclic) bond motifs is 4. The quantitative estimate of drug-likeness (QED) is 0.685. The molecule has 3 aliphatic heterocycles. The van der Waals surface area contributed by atoms with Crippen molar-refractivity contribution < 1.29 is 10.2 Å². The first-order valence-corrected chi connectivity index (χ1v) is 9.52. The zero-order valence-electron chi connectivity index (χ0n) is 15.6. The number of pyridine rings is 1. The number of rotatable bonds is 5. The monoisotopic (exact) mass is 389 g/mol. The summed E-state index contributed by atoms with van der Waals surface area (Å²) in [6, 6.07) is 8.08. The predicted octanol–water partition coefficient (Wildman–Crippen LogP) is 3.13. The zero-order valence-corrected chi connectivity index (χ0v) is 16.5. The highest BCUT2D eigenvalue weighted by atomic mass is 35.5. The lowest BCUT2D eigenvalue weighted by Crippen LogP contribution is -2.52. The van der Waals surface area contributed by atoms with Gasteiger partial charge >= 0.3 is 0 Å². The molecular weight excluding hydrogens is 362 g/mol. The Morgan fingerprint density at radius 2 is 2.22 bits per heavy atom. The van der Waals surface area contributed by atoms with Crippen molar-refractivity contribution in [2.75, 3.05) is 31.6 Å². The number of nitrogens with one attached hydrogen (secondary N) is 1. The molecule has 4 heterocycles. The Balaban J connectivity index is 0.00000210. The number of halogens is 1. The molecule has 146 valence electrons. The van der Waals surface area contributed by atoms with Gasteiger partial charge in [0.2, 0.25) is 0 Å². The zero-order chi connectivity index (χ0) is 18.1. The fourth-order valence-corrected chi connectivity index (χ4v) is 4.54. The van der Waals surface area contributed by atoms with E-state index < -0.39 is 6.10 Å². The molecule has 6 heteroatoms. The third kappa shape index (κ3) is 3.83.